The molecule has 2 aliphatic rings. The summed E-state index contributed by atoms with van der Waals surface area (Å²) in [5.41, 5.74) is 6.59. The van der Waals surface area contributed by atoms with Gasteiger partial charge in [-0.3, -0.25) is 9.69 Å². The average Bonchev–Trinajstić information content (AvgIpc) is 3.03. The van der Waals surface area contributed by atoms with Crippen LogP contribution >= 0.6 is 0 Å². The standard InChI is InChI=1S/C17H18FN3O5/c1-25-16(23)20-6-4-10(5-7-20)12-3-2-11(8-13(12)18)21-9-14(15(19)22)26-17(21)24/h2-4,8,14H,5-7,9H2,1H3,(H2,19,22)/t14-/m1/s1. The van der Waals surface area contributed by atoms with Crippen LogP contribution in [-0.4, -0.2) is 55.8 Å². The van der Waals surface area contributed by atoms with Crippen LogP contribution in [0.25, 0.3) is 5.57 Å². The molecule has 2 heterocycles. The maximum Gasteiger partial charge on any atom is 0.415 e. The van der Waals surface area contributed by atoms with E-state index >= 15 is 0 Å². The molecule has 2 aliphatic heterocycles. The molecule has 9 heteroatoms. The Morgan fingerprint density at radius 2 is 2.15 bits per heavy atom. The van der Waals surface area contributed by atoms with Gasteiger partial charge in [0, 0.05) is 18.7 Å². The highest BCUT2D eigenvalue weighted by atomic mass is 19.1. The molecular formula is C17H18FN3O5. The van der Waals surface area contributed by atoms with Crippen molar-refractivity contribution in [2.24, 2.45) is 5.73 Å². The van der Waals surface area contributed by atoms with Gasteiger partial charge in [0.2, 0.25) is 0 Å². The molecule has 0 aromatic heterocycles. The highest BCUT2D eigenvalue weighted by molar-refractivity contribution is 5.95. The lowest BCUT2D eigenvalue weighted by Crippen LogP contribution is -2.34. The van der Waals surface area contributed by atoms with Crippen LogP contribution in [0, 0.1) is 5.82 Å². The third-order valence-electron chi connectivity index (χ3n) is 4.38. The zero-order valence-corrected chi connectivity index (χ0v) is 14.1. The highest BCUT2D eigenvalue weighted by Crippen LogP contribution is 2.29. The van der Waals surface area contributed by atoms with Crippen molar-refractivity contribution >= 4 is 29.4 Å². The van der Waals surface area contributed by atoms with E-state index in [9.17, 15) is 18.8 Å². The number of cyclic esters (lactones) is 1. The van der Waals surface area contributed by atoms with Gasteiger partial charge in [-0.15, -0.1) is 0 Å². The number of nitrogens with zero attached hydrogens (tertiary/aromatic N) is 2. The smallest absolute Gasteiger partial charge is 0.415 e. The predicted molar refractivity (Wildman–Crippen MR) is 89.8 cm³/mol. The van der Waals surface area contributed by atoms with Crippen LogP contribution in [-0.2, 0) is 14.3 Å². The summed E-state index contributed by atoms with van der Waals surface area (Å²) in [7, 11) is 1.31. The van der Waals surface area contributed by atoms with Crippen LogP contribution in [0.4, 0.5) is 19.7 Å². The molecular weight excluding hydrogens is 345 g/mol. The van der Waals surface area contributed by atoms with E-state index in [0.29, 0.717) is 25.1 Å². The van der Waals surface area contributed by atoms with Gasteiger partial charge in [-0.2, -0.15) is 0 Å². The zero-order chi connectivity index (χ0) is 18.8. The minimum atomic E-state index is -1.05. The lowest BCUT2D eigenvalue weighted by atomic mass is 9.98. The van der Waals surface area contributed by atoms with Crippen molar-refractivity contribution < 1.29 is 28.2 Å². The van der Waals surface area contributed by atoms with Crippen molar-refractivity contribution in [1.82, 2.24) is 4.90 Å². The van der Waals surface area contributed by atoms with E-state index in [1.165, 1.54) is 18.1 Å². The number of ether oxygens (including phenoxy) is 2. The van der Waals surface area contributed by atoms with Gasteiger partial charge in [-0.25, -0.2) is 14.0 Å². The predicted octanol–water partition coefficient (Wildman–Crippen LogP) is 1.49. The van der Waals surface area contributed by atoms with Crippen LogP contribution < -0.4 is 10.6 Å². The van der Waals surface area contributed by atoms with Crippen LogP contribution in [0.2, 0.25) is 0 Å². The molecule has 8 nitrogen and oxygen atoms in total. The maximum atomic E-state index is 14.6. The molecule has 3 amide bonds. The van der Waals surface area contributed by atoms with Crippen molar-refractivity contribution in [2.75, 3.05) is 31.6 Å². The summed E-state index contributed by atoms with van der Waals surface area (Å²) >= 11 is 0. The van der Waals surface area contributed by atoms with E-state index in [1.807, 2.05) is 0 Å². The fourth-order valence-electron chi connectivity index (χ4n) is 2.96. The number of hydrogen-bond donors (Lipinski definition) is 1. The largest absolute Gasteiger partial charge is 0.453 e. The highest BCUT2D eigenvalue weighted by Gasteiger charge is 2.36. The second kappa shape index (κ2) is 7.03. The summed E-state index contributed by atoms with van der Waals surface area (Å²) in [4.78, 5) is 37.1. The van der Waals surface area contributed by atoms with Crippen LogP contribution in [0.3, 0.4) is 0 Å². The molecule has 1 fully saturated rings. The second-order valence-corrected chi connectivity index (χ2v) is 5.94. The molecule has 2 N–H and O–H groups in total. The van der Waals surface area contributed by atoms with Gasteiger partial charge in [0.25, 0.3) is 5.91 Å². The summed E-state index contributed by atoms with van der Waals surface area (Å²) < 4.78 is 24.1. The van der Waals surface area contributed by atoms with E-state index in [-0.39, 0.29) is 12.2 Å². The normalized spacial score (nSPS) is 19.8. The number of carbonyl (C=O) groups is 3. The van der Waals surface area contributed by atoms with Crippen LogP contribution in [0.15, 0.2) is 24.3 Å². The first-order chi connectivity index (χ1) is 12.4. The molecule has 1 aromatic rings. The van der Waals surface area contributed by atoms with Crippen molar-refractivity contribution in [2.45, 2.75) is 12.5 Å². The van der Waals surface area contributed by atoms with Crippen LogP contribution in [0.5, 0.6) is 0 Å². The van der Waals surface area contributed by atoms with Gasteiger partial charge in [0.05, 0.1) is 19.3 Å². The minimum absolute atomic E-state index is 0.0518. The molecule has 0 bridgehead atoms. The van der Waals surface area contributed by atoms with Crippen molar-refractivity contribution in [3.63, 3.8) is 0 Å². The fraction of sp³-hybridized carbons (Fsp3) is 0.353. The number of methoxy groups -OCH3 is 1. The van der Waals surface area contributed by atoms with Crippen molar-refractivity contribution in [3.05, 3.63) is 35.7 Å². The Hall–Kier alpha value is -3.10. The molecule has 26 heavy (non-hydrogen) atoms. The lowest BCUT2D eigenvalue weighted by Gasteiger charge is -2.25. The first kappa shape index (κ1) is 17.7. The first-order valence-electron chi connectivity index (χ1n) is 8.00. The van der Waals surface area contributed by atoms with E-state index in [0.717, 1.165) is 10.5 Å². The third-order valence-corrected chi connectivity index (χ3v) is 4.38. The number of hydrogen-bond acceptors (Lipinski definition) is 5. The topological polar surface area (TPSA) is 102 Å². The SMILES string of the molecule is COC(=O)N1CC=C(c2ccc(N3C[C@H](C(N)=O)OC3=O)cc2F)CC1. The number of benzene rings is 1. The number of amides is 3. The van der Waals surface area contributed by atoms with Gasteiger partial charge in [-0.05, 0) is 30.2 Å². The van der Waals surface area contributed by atoms with E-state index in [4.69, 9.17) is 10.5 Å². The second-order valence-electron chi connectivity index (χ2n) is 5.94. The summed E-state index contributed by atoms with van der Waals surface area (Å²) in [6.07, 6.45) is 0.0434. The van der Waals surface area contributed by atoms with Crippen LogP contribution in [0.1, 0.15) is 12.0 Å². The molecule has 0 spiro atoms. The molecule has 0 saturated carbocycles. The minimum Gasteiger partial charge on any atom is -0.453 e. The number of carbonyl (C=O) groups excluding carboxylic acids is 3. The Bertz CT molecular complexity index is 795. The van der Waals surface area contributed by atoms with Gasteiger partial charge in [0.15, 0.2) is 6.10 Å². The molecule has 138 valence electrons. The van der Waals surface area contributed by atoms with Crippen molar-refractivity contribution in [1.29, 1.82) is 0 Å². The number of primary amides is 1. The van der Waals surface area contributed by atoms with Gasteiger partial charge in [-0.1, -0.05) is 6.08 Å². The Kier molecular flexibility index (Phi) is 4.79. The van der Waals surface area contributed by atoms with E-state index in [1.54, 1.807) is 18.2 Å². The monoisotopic (exact) mass is 363 g/mol. The molecule has 1 saturated heterocycles. The number of nitrogens with two attached hydrogens (primary N) is 1. The average molecular weight is 363 g/mol. The molecule has 3 rings (SSSR count). The molecule has 0 unspecified atom stereocenters. The molecule has 1 atom stereocenters. The molecule has 0 aliphatic carbocycles. The van der Waals surface area contributed by atoms with Crippen molar-refractivity contribution in [3.8, 4) is 0 Å². The quantitative estimate of drug-likeness (QED) is 0.877. The number of anilines is 1. The summed E-state index contributed by atoms with van der Waals surface area (Å²) in [6, 6.07) is 4.36. The Labute approximate surface area is 148 Å². The number of halogens is 1. The third kappa shape index (κ3) is 3.32. The summed E-state index contributed by atoms with van der Waals surface area (Å²) in [5.74, 6) is -1.25. The maximum absolute atomic E-state index is 14.6. The fourth-order valence-corrected chi connectivity index (χ4v) is 2.96. The lowest BCUT2D eigenvalue weighted by molar-refractivity contribution is -0.124. The van der Waals surface area contributed by atoms with E-state index < -0.39 is 30.0 Å². The van der Waals surface area contributed by atoms with Gasteiger partial charge < -0.3 is 20.1 Å². The Morgan fingerprint density at radius 3 is 2.69 bits per heavy atom. The first-order valence-corrected chi connectivity index (χ1v) is 8.00. The van der Waals surface area contributed by atoms with Gasteiger partial charge >= 0.3 is 12.2 Å². The number of rotatable bonds is 3. The molecule has 1 aromatic carbocycles. The molecule has 0 radical (unpaired) electrons. The van der Waals surface area contributed by atoms with Gasteiger partial charge in [0.1, 0.15) is 5.82 Å². The zero-order valence-electron chi connectivity index (χ0n) is 14.1. The Morgan fingerprint density at radius 1 is 1.38 bits per heavy atom. The van der Waals surface area contributed by atoms with E-state index in [2.05, 4.69) is 4.74 Å². The summed E-state index contributed by atoms with van der Waals surface area (Å²) in [6.45, 7) is 0.712. The summed E-state index contributed by atoms with van der Waals surface area (Å²) in [5, 5.41) is 0. The Balaban J connectivity index is 1.77.